The third-order valence-corrected chi connectivity index (χ3v) is 5.75. The molecule has 0 bridgehead atoms. The molecule has 3 aromatic heterocycles. The van der Waals surface area contributed by atoms with Crippen molar-refractivity contribution in [2.45, 2.75) is 5.67 Å². The number of hydrogen-bond donors (Lipinski definition) is 1. The summed E-state index contributed by atoms with van der Waals surface area (Å²) in [6.07, 6.45) is 6.23. The standard InChI is InChI=1S/C24H16ClF2N5O/c25-23-29-10-8-18(30-23)20-19-6-1-2-11-32(19)31-21(20)14-4-3-5-15(12-14)24(27)9-7-16(26)13-17(24)22(28)33/h1-13,17H,(H2,28,33). The van der Waals surface area contributed by atoms with Crippen molar-refractivity contribution in [3.8, 4) is 22.5 Å². The summed E-state index contributed by atoms with van der Waals surface area (Å²) < 4.78 is 31.5. The van der Waals surface area contributed by atoms with Crippen LogP contribution >= 0.6 is 11.6 Å². The Hall–Kier alpha value is -3.91. The van der Waals surface area contributed by atoms with Gasteiger partial charge in [0.2, 0.25) is 11.2 Å². The van der Waals surface area contributed by atoms with Crippen LogP contribution in [-0.4, -0.2) is 25.5 Å². The van der Waals surface area contributed by atoms with Crippen LogP contribution in [0.25, 0.3) is 28.0 Å². The van der Waals surface area contributed by atoms with Crippen LogP contribution in [0.3, 0.4) is 0 Å². The summed E-state index contributed by atoms with van der Waals surface area (Å²) in [5, 5.41) is 4.75. The van der Waals surface area contributed by atoms with Crippen molar-refractivity contribution in [1.82, 2.24) is 19.6 Å². The Morgan fingerprint density at radius 1 is 1.18 bits per heavy atom. The number of primary amides is 1. The van der Waals surface area contributed by atoms with Gasteiger partial charge in [-0.3, -0.25) is 4.79 Å². The lowest BCUT2D eigenvalue weighted by molar-refractivity contribution is -0.123. The highest BCUT2D eigenvalue weighted by Gasteiger charge is 2.43. The summed E-state index contributed by atoms with van der Waals surface area (Å²) in [7, 11) is 0. The second-order valence-electron chi connectivity index (χ2n) is 7.58. The predicted octanol–water partition coefficient (Wildman–Crippen LogP) is 4.80. The molecule has 6 nitrogen and oxygen atoms in total. The molecule has 2 atom stereocenters. The van der Waals surface area contributed by atoms with E-state index in [0.29, 0.717) is 22.5 Å². The van der Waals surface area contributed by atoms with Gasteiger partial charge in [-0.2, -0.15) is 5.10 Å². The zero-order valence-corrected chi connectivity index (χ0v) is 17.7. The van der Waals surface area contributed by atoms with Crippen LogP contribution in [0.2, 0.25) is 5.28 Å². The molecular weight excluding hydrogens is 448 g/mol. The molecule has 33 heavy (non-hydrogen) atoms. The maximum absolute atomic E-state index is 16.1. The first-order chi connectivity index (χ1) is 15.9. The first-order valence-electron chi connectivity index (χ1n) is 9.99. The minimum atomic E-state index is -2.31. The zero-order valence-electron chi connectivity index (χ0n) is 17.0. The van der Waals surface area contributed by atoms with Crippen LogP contribution in [0, 0.1) is 5.92 Å². The first kappa shape index (κ1) is 21.0. The van der Waals surface area contributed by atoms with Crippen LogP contribution < -0.4 is 5.73 Å². The van der Waals surface area contributed by atoms with E-state index < -0.39 is 23.3 Å². The minimum absolute atomic E-state index is 0.0793. The Morgan fingerprint density at radius 2 is 2.03 bits per heavy atom. The summed E-state index contributed by atoms with van der Waals surface area (Å²) in [5.41, 5.74) is 6.32. The second kappa shape index (κ2) is 7.90. The molecule has 5 rings (SSSR count). The number of aromatic nitrogens is 4. The third kappa shape index (κ3) is 3.58. The van der Waals surface area contributed by atoms with Gasteiger partial charge in [0.05, 0.1) is 16.8 Å². The van der Waals surface area contributed by atoms with Crippen LogP contribution in [0.5, 0.6) is 0 Å². The van der Waals surface area contributed by atoms with Crippen molar-refractivity contribution < 1.29 is 13.6 Å². The number of nitrogens with two attached hydrogens (primary N) is 1. The van der Waals surface area contributed by atoms with Crippen molar-refractivity contribution in [3.05, 3.63) is 95.8 Å². The number of carbonyl (C=O) groups is 1. The molecule has 0 saturated carbocycles. The number of carbonyl (C=O) groups excluding carboxylic acids is 1. The number of nitrogens with zero attached hydrogens (tertiary/aromatic N) is 4. The number of hydrogen-bond acceptors (Lipinski definition) is 4. The number of benzene rings is 1. The molecule has 1 aliphatic carbocycles. The number of amides is 1. The SMILES string of the molecule is NC(=O)C1C=C(F)C=CC1(F)c1cccc(-c2nn3ccccc3c2-c2ccnc(Cl)n2)c1. The lowest BCUT2D eigenvalue weighted by atomic mass is 9.78. The van der Waals surface area contributed by atoms with Crippen LogP contribution in [0.15, 0.2) is 85.0 Å². The monoisotopic (exact) mass is 463 g/mol. The average Bonchev–Trinajstić information content (AvgIpc) is 3.20. The molecule has 3 heterocycles. The molecular formula is C24H16ClF2N5O. The van der Waals surface area contributed by atoms with Gasteiger partial charge >= 0.3 is 0 Å². The fourth-order valence-electron chi connectivity index (χ4n) is 4.04. The normalized spacial score (nSPS) is 20.1. The molecule has 2 unspecified atom stereocenters. The van der Waals surface area contributed by atoms with E-state index in [1.165, 1.54) is 6.07 Å². The lowest BCUT2D eigenvalue weighted by Gasteiger charge is -2.30. The number of halogens is 3. The maximum atomic E-state index is 16.1. The Morgan fingerprint density at radius 3 is 2.82 bits per heavy atom. The van der Waals surface area contributed by atoms with Gasteiger partial charge in [-0.05, 0) is 59.7 Å². The summed E-state index contributed by atoms with van der Waals surface area (Å²) in [6.45, 7) is 0. The van der Waals surface area contributed by atoms with Crippen LogP contribution in [-0.2, 0) is 10.5 Å². The smallest absolute Gasteiger partial charge is 0.228 e. The van der Waals surface area contributed by atoms with Crippen molar-refractivity contribution in [3.63, 3.8) is 0 Å². The van der Waals surface area contributed by atoms with Crippen molar-refractivity contribution in [2.24, 2.45) is 11.7 Å². The average molecular weight is 464 g/mol. The number of fused-ring (bicyclic) bond motifs is 1. The molecule has 164 valence electrons. The Labute approximate surface area is 192 Å². The van der Waals surface area contributed by atoms with E-state index >= 15 is 4.39 Å². The van der Waals surface area contributed by atoms with E-state index in [2.05, 4.69) is 15.1 Å². The molecule has 1 amide bonds. The van der Waals surface area contributed by atoms with Gasteiger partial charge in [-0.15, -0.1) is 0 Å². The van der Waals surface area contributed by atoms with Gasteiger partial charge < -0.3 is 5.73 Å². The van der Waals surface area contributed by atoms with Crippen LogP contribution in [0.4, 0.5) is 8.78 Å². The third-order valence-electron chi connectivity index (χ3n) is 5.57. The first-order valence-corrected chi connectivity index (χ1v) is 10.4. The molecule has 0 fully saturated rings. The van der Waals surface area contributed by atoms with Crippen molar-refractivity contribution >= 4 is 23.0 Å². The van der Waals surface area contributed by atoms with Crippen LogP contribution in [0.1, 0.15) is 5.56 Å². The van der Waals surface area contributed by atoms with Crippen molar-refractivity contribution in [2.75, 3.05) is 0 Å². The number of alkyl halides is 1. The number of rotatable bonds is 4. The highest BCUT2D eigenvalue weighted by molar-refractivity contribution is 6.28. The predicted molar refractivity (Wildman–Crippen MR) is 120 cm³/mol. The quantitative estimate of drug-likeness (QED) is 0.440. The summed E-state index contributed by atoms with van der Waals surface area (Å²) in [5.74, 6) is -3.17. The summed E-state index contributed by atoms with van der Waals surface area (Å²) >= 11 is 6.03. The number of allylic oxidation sites excluding steroid dienone is 3. The molecule has 0 radical (unpaired) electrons. The molecule has 1 aromatic carbocycles. The maximum Gasteiger partial charge on any atom is 0.228 e. The molecule has 9 heteroatoms. The largest absolute Gasteiger partial charge is 0.369 e. The fourth-order valence-corrected chi connectivity index (χ4v) is 4.19. The highest BCUT2D eigenvalue weighted by Crippen LogP contribution is 2.42. The minimum Gasteiger partial charge on any atom is -0.369 e. The van der Waals surface area contributed by atoms with E-state index in [4.69, 9.17) is 17.3 Å². The summed E-state index contributed by atoms with van der Waals surface area (Å²) in [4.78, 5) is 20.2. The Bertz CT molecular complexity index is 1460. The van der Waals surface area contributed by atoms with E-state index in [1.807, 2.05) is 18.2 Å². The van der Waals surface area contributed by atoms with Crippen molar-refractivity contribution in [1.29, 1.82) is 0 Å². The van der Waals surface area contributed by atoms with Gasteiger partial charge in [0.15, 0.2) is 5.67 Å². The fraction of sp³-hybridized carbons (Fsp3) is 0.0833. The van der Waals surface area contributed by atoms with Gasteiger partial charge in [0, 0.05) is 18.0 Å². The number of pyridine rings is 1. The zero-order chi connectivity index (χ0) is 23.2. The van der Waals surface area contributed by atoms with E-state index in [9.17, 15) is 9.18 Å². The lowest BCUT2D eigenvalue weighted by Crippen LogP contribution is -2.38. The van der Waals surface area contributed by atoms with E-state index in [0.717, 1.165) is 23.7 Å². The van der Waals surface area contributed by atoms with Gasteiger partial charge in [-0.25, -0.2) is 23.3 Å². The Kier molecular flexibility index (Phi) is 5.02. The van der Waals surface area contributed by atoms with E-state index in [1.54, 1.807) is 41.2 Å². The highest BCUT2D eigenvalue weighted by atomic mass is 35.5. The Balaban J connectivity index is 1.71. The van der Waals surface area contributed by atoms with Gasteiger partial charge in [0.1, 0.15) is 17.4 Å². The topological polar surface area (TPSA) is 86.2 Å². The molecule has 4 aromatic rings. The molecule has 0 aliphatic heterocycles. The molecule has 2 N–H and O–H groups in total. The molecule has 0 saturated heterocycles. The van der Waals surface area contributed by atoms with Gasteiger partial charge in [-0.1, -0.05) is 24.3 Å². The van der Waals surface area contributed by atoms with Gasteiger partial charge in [0.25, 0.3) is 0 Å². The second-order valence-corrected chi connectivity index (χ2v) is 7.92. The summed E-state index contributed by atoms with van der Waals surface area (Å²) in [6, 6.07) is 13.8. The van der Waals surface area contributed by atoms with E-state index in [-0.39, 0.29) is 10.8 Å². The molecule has 0 spiro atoms. The molecule has 1 aliphatic rings.